The lowest BCUT2D eigenvalue weighted by Gasteiger charge is -2.37. The van der Waals surface area contributed by atoms with E-state index in [2.05, 4.69) is 11.8 Å². The summed E-state index contributed by atoms with van der Waals surface area (Å²) < 4.78 is 13.4. The second-order valence-corrected chi connectivity index (χ2v) is 8.85. The van der Waals surface area contributed by atoms with E-state index in [1.165, 1.54) is 25.0 Å². The fourth-order valence-corrected chi connectivity index (χ4v) is 4.33. The van der Waals surface area contributed by atoms with E-state index in [-0.39, 0.29) is 11.7 Å². The van der Waals surface area contributed by atoms with Gasteiger partial charge in [-0.2, -0.15) is 0 Å². The monoisotopic (exact) mass is 408 g/mol. The molecule has 1 aromatic heterocycles. The third-order valence-corrected chi connectivity index (χ3v) is 6.48. The fraction of sp³-hybridized carbons (Fsp3) is 0.542. The molecule has 2 aromatic rings. The average molecular weight is 409 g/mol. The standard InChI is InChI=1S/C24H29FN4O/c1-2-21-20(15-16-3-9-19(25)10-4-16)23(27-22(26-21)17-5-6-17)28-11-13-29(14-12-28)24(30)18-7-8-18/h3-4,9-10,17-18H,2,5-8,11-15H2,1H3. The smallest absolute Gasteiger partial charge is 0.225 e. The summed E-state index contributed by atoms with van der Waals surface area (Å²) in [7, 11) is 0. The Labute approximate surface area is 177 Å². The minimum absolute atomic E-state index is 0.216. The third-order valence-electron chi connectivity index (χ3n) is 6.48. The quantitative estimate of drug-likeness (QED) is 0.731. The Bertz CT molecular complexity index is 929. The van der Waals surface area contributed by atoms with Gasteiger partial charge in [0.15, 0.2) is 0 Å². The van der Waals surface area contributed by atoms with E-state index in [0.717, 1.165) is 73.9 Å². The van der Waals surface area contributed by atoms with Gasteiger partial charge in [-0.1, -0.05) is 19.1 Å². The lowest BCUT2D eigenvalue weighted by atomic mass is 10.0. The Morgan fingerprint density at radius 1 is 1.03 bits per heavy atom. The normalized spacial score (nSPS) is 19.3. The van der Waals surface area contributed by atoms with Gasteiger partial charge < -0.3 is 9.80 Å². The van der Waals surface area contributed by atoms with Gasteiger partial charge >= 0.3 is 0 Å². The van der Waals surface area contributed by atoms with Crippen molar-refractivity contribution in [2.24, 2.45) is 5.92 Å². The number of aryl methyl sites for hydroxylation is 1. The number of anilines is 1. The van der Waals surface area contributed by atoms with E-state index in [1.807, 2.05) is 17.0 Å². The number of amides is 1. The molecule has 0 radical (unpaired) electrons. The summed E-state index contributed by atoms with van der Waals surface area (Å²) in [6.45, 7) is 5.27. The van der Waals surface area contributed by atoms with Crippen LogP contribution in [0.3, 0.4) is 0 Å². The molecule has 0 spiro atoms. The first-order valence-electron chi connectivity index (χ1n) is 11.3. The first-order valence-corrected chi connectivity index (χ1v) is 11.3. The van der Waals surface area contributed by atoms with Crippen LogP contribution in [0.15, 0.2) is 24.3 Å². The Hall–Kier alpha value is -2.50. The first-order chi connectivity index (χ1) is 14.6. The molecule has 1 aliphatic heterocycles. The van der Waals surface area contributed by atoms with Crippen molar-refractivity contribution in [3.8, 4) is 0 Å². The number of carbonyl (C=O) groups excluding carboxylic acids is 1. The predicted octanol–water partition coefficient (Wildman–Crippen LogP) is 3.70. The van der Waals surface area contributed by atoms with Gasteiger partial charge in [0.05, 0.1) is 0 Å². The summed E-state index contributed by atoms with van der Waals surface area (Å²) in [5.41, 5.74) is 3.32. The van der Waals surface area contributed by atoms with Crippen LogP contribution < -0.4 is 4.90 Å². The van der Waals surface area contributed by atoms with Gasteiger partial charge in [-0.25, -0.2) is 14.4 Å². The number of rotatable bonds is 6. The SMILES string of the molecule is CCc1nc(C2CC2)nc(N2CCN(C(=O)C3CC3)CC2)c1Cc1ccc(F)cc1. The molecule has 2 saturated carbocycles. The van der Waals surface area contributed by atoms with Crippen molar-refractivity contribution in [1.29, 1.82) is 0 Å². The van der Waals surface area contributed by atoms with Crippen molar-refractivity contribution in [2.45, 2.75) is 51.4 Å². The van der Waals surface area contributed by atoms with E-state index in [1.54, 1.807) is 0 Å². The summed E-state index contributed by atoms with van der Waals surface area (Å²) in [5, 5.41) is 0. The molecule has 1 aromatic carbocycles. The van der Waals surface area contributed by atoms with Crippen molar-refractivity contribution in [2.75, 3.05) is 31.1 Å². The summed E-state index contributed by atoms with van der Waals surface area (Å²) in [4.78, 5) is 26.8. The van der Waals surface area contributed by atoms with Gasteiger partial charge in [0.1, 0.15) is 17.5 Å². The van der Waals surface area contributed by atoms with Crippen LogP contribution in [0.5, 0.6) is 0 Å². The van der Waals surface area contributed by atoms with Gasteiger partial charge in [0.25, 0.3) is 0 Å². The Kier molecular flexibility index (Phi) is 5.17. The Morgan fingerprint density at radius 2 is 1.73 bits per heavy atom. The van der Waals surface area contributed by atoms with Crippen LogP contribution in [0.1, 0.15) is 61.2 Å². The number of piperazine rings is 1. The maximum absolute atomic E-state index is 13.4. The van der Waals surface area contributed by atoms with Crippen LogP contribution in [-0.2, 0) is 17.6 Å². The highest BCUT2D eigenvalue weighted by atomic mass is 19.1. The van der Waals surface area contributed by atoms with Crippen LogP contribution >= 0.6 is 0 Å². The fourth-order valence-electron chi connectivity index (χ4n) is 4.33. The van der Waals surface area contributed by atoms with Crippen LogP contribution in [0.25, 0.3) is 0 Å². The minimum Gasteiger partial charge on any atom is -0.353 e. The maximum Gasteiger partial charge on any atom is 0.225 e. The maximum atomic E-state index is 13.4. The highest BCUT2D eigenvalue weighted by Gasteiger charge is 2.35. The molecule has 6 heteroatoms. The van der Waals surface area contributed by atoms with E-state index in [0.29, 0.717) is 18.2 Å². The summed E-state index contributed by atoms with van der Waals surface area (Å²) >= 11 is 0. The van der Waals surface area contributed by atoms with Crippen molar-refractivity contribution in [3.63, 3.8) is 0 Å². The highest BCUT2D eigenvalue weighted by molar-refractivity contribution is 5.81. The topological polar surface area (TPSA) is 49.3 Å². The number of hydrogen-bond donors (Lipinski definition) is 0. The number of nitrogens with zero attached hydrogens (tertiary/aromatic N) is 4. The summed E-state index contributed by atoms with van der Waals surface area (Å²) in [6, 6.07) is 6.73. The minimum atomic E-state index is -0.216. The van der Waals surface area contributed by atoms with Gasteiger partial charge in [0.2, 0.25) is 5.91 Å². The van der Waals surface area contributed by atoms with E-state index in [4.69, 9.17) is 9.97 Å². The molecule has 3 aliphatic rings. The highest BCUT2D eigenvalue weighted by Crippen LogP contribution is 2.40. The van der Waals surface area contributed by atoms with Crippen molar-refractivity contribution >= 4 is 11.7 Å². The molecular formula is C24H29FN4O. The van der Waals surface area contributed by atoms with E-state index in [9.17, 15) is 9.18 Å². The van der Waals surface area contributed by atoms with Crippen molar-refractivity contribution in [1.82, 2.24) is 14.9 Å². The molecule has 158 valence electrons. The van der Waals surface area contributed by atoms with Gasteiger partial charge in [-0.3, -0.25) is 4.79 Å². The molecule has 5 rings (SSSR count). The third kappa shape index (κ3) is 4.05. The predicted molar refractivity (Wildman–Crippen MR) is 114 cm³/mol. The molecule has 0 N–H and O–H groups in total. The molecule has 0 atom stereocenters. The molecule has 1 saturated heterocycles. The van der Waals surface area contributed by atoms with Crippen molar-refractivity contribution in [3.05, 3.63) is 52.7 Å². The molecule has 1 amide bonds. The molecule has 3 fully saturated rings. The largest absolute Gasteiger partial charge is 0.353 e. The van der Waals surface area contributed by atoms with Gasteiger partial charge in [-0.15, -0.1) is 0 Å². The summed E-state index contributed by atoms with van der Waals surface area (Å²) in [6.07, 6.45) is 6.00. The van der Waals surface area contributed by atoms with E-state index >= 15 is 0 Å². The first kappa shape index (κ1) is 19.5. The second kappa shape index (κ2) is 7.97. The number of hydrogen-bond acceptors (Lipinski definition) is 4. The number of aromatic nitrogens is 2. The second-order valence-electron chi connectivity index (χ2n) is 8.85. The van der Waals surface area contributed by atoms with Gasteiger partial charge in [-0.05, 0) is 49.8 Å². The van der Waals surface area contributed by atoms with E-state index < -0.39 is 0 Å². The van der Waals surface area contributed by atoms with Crippen LogP contribution in [0.4, 0.5) is 10.2 Å². The zero-order valence-electron chi connectivity index (χ0n) is 17.6. The lowest BCUT2D eigenvalue weighted by Crippen LogP contribution is -2.49. The molecule has 5 nitrogen and oxygen atoms in total. The number of carbonyl (C=O) groups is 1. The number of benzene rings is 1. The van der Waals surface area contributed by atoms with Gasteiger partial charge in [0, 0.05) is 55.7 Å². The van der Waals surface area contributed by atoms with Crippen LogP contribution in [-0.4, -0.2) is 47.0 Å². The Balaban J connectivity index is 1.43. The lowest BCUT2D eigenvalue weighted by molar-refractivity contribution is -0.132. The summed E-state index contributed by atoms with van der Waals surface area (Å²) in [5.74, 6) is 2.88. The molecule has 2 aliphatic carbocycles. The average Bonchev–Trinajstić information content (AvgIpc) is 3.67. The molecular weight excluding hydrogens is 379 g/mol. The molecule has 30 heavy (non-hydrogen) atoms. The molecule has 2 heterocycles. The zero-order valence-corrected chi connectivity index (χ0v) is 17.6. The molecule has 0 unspecified atom stereocenters. The Morgan fingerprint density at radius 3 is 2.33 bits per heavy atom. The van der Waals surface area contributed by atoms with Crippen molar-refractivity contribution < 1.29 is 9.18 Å². The molecule has 0 bridgehead atoms. The number of halogens is 1. The van der Waals surface area contributed by atoms with Crippen LogP contribution in [0.2, 0.25) is 0 Å². The zero-order chi connectivity index (χ0) is 20.7. The van der Waals surface area contributed by atoms with Crippen LogP contribution in [0, 0.1) is 11.7 Å².